The molecule has 1 aliphatic heterocycles. The number of amides is 2. The van der Waals surface area contributed by atoms with E-state index in [9.17, 15) is 19.8 Å². The van der Waals surface area contributed by atoms with Crippen molar-refractivity contribution in [3.05, 3.63) is 59.2 Å². The van der Waals surface area contributed by atoms with Gasteiger partial charge in [-0.05, 0) is 60.5 Å². The van der Waals surface area contributed by atoms with Gasteiger partial charge in [-0.1, -0.05) is 63.3 Å². The monoisotopic (exact) mass is 549 g/mol. The van der Waals surface area contributed by atoms with Crippen molar-refractivity contribution in [1.82, 2.24) is 15.1 Å². The smallest absolute Gasteiger partial charge is 0.252 e. The van der Waals surface area contributed by atoms with Crippen molar-refractivity contribution >= 4 is 11.8 Å². The quantitative estimate of drug-likeness (QED) is 0.484. The summed E-state index contributed by atoms with van der Waals surface area (Å²) >= 11 is 0. The van der Waals surface area contributed by atoms with E-state index >= 15 is 0 Å². The number of aliphatic hydroxyl groups excluding tert-OH is 2. The average molecular weight is 550 g/mol. The number of likely N-dealkylation sites (N-methyl/N-ethyl adjacent to an activating group) is 1. The lowest BCUT2D eigenvalue weighted by Crippen LogP contribution is -2.62. The van der Waals surface area contributed by atoms with Crippen LogP contribution in [0.1, 0.15) is 64.0 Å². The lowest BCUT2D eigenvalue weighted by Gasteiger charge is -2.62. The Morgan fingerprint density at radius 2 is 1.98 bits per heavy atom. The highest BCUT2D eigenvalue weighted by molar-refractivity contribution is 5.96. The van der Waals surface area contributed by atoms with Crippen LogP contribution in [0.2, 0.25) is 0 Å². The van der Waals surface area contributed by atoms with Gasteiger partial charge in [-0.3, -0.25) is 14.5 Å². The van der Waals surface area contributed by atoms with Gasteiger partial charge >= 0.3 is 0 Å². The number of fused-ring (bicyclic) bond motifs is 2. The summed E-state index contributed by atoms with van der Waals surface area (Å²) in [6.45, 7) is 9.51. The zero-order valence-electron chi connectivity index (χ0n) is 24.9. The molecule has 5 unspecified atom stereocenters. The van der Waals surface area contributed by atoms with Crippen LogP contribution in [0.25, 0.3) is 0 Å². The molecule has 2 bridgehead atoms. The van der Waals surface area contributed by atoms with Crippen molar-refractivity contribution in [1.29, 1.82) is 0 Å². The summed E-state index contributed by atoms with van der Waals surface area (Å²) in [5, 5.41) is 24.9. The van der Waals surface area contributed by atoms with Crippen molar-refractivity contribution in [3.8, 4) is 0 Å². The van der Waals surface area contributed by atoms with E-state index in [1.807, 2.05) is 23.1 Å². The Labute approximate surface area is 239 Å². The highest BCUT2D eigenvalue weighted by Gasteiger charge is 2.57. The number of carbonyl (C=O) groups is 2. The number of allylic oxidation sites excluding steroid dienone is 2. The number of likely N-dealkylation sites (tertiary alicyclic amines) is 1. The first-order valence-corrected chi connectivity index (χ1v) is 15.0. The molecule has 6 rings (SSSR count). The molecule has 1 aromatic carbocycles. The number of β-amino-alcohol motifs (C(OH)–C–C–N with tert-alkyl or cyclic N) is 1. The molecule has 2 amide bonds. The summed E-state index contributed by atoms with van der Waals surface area (Å²) in [6, 6.07) is 7.91. The maximum atomic E-state index is 13.8. The normalized spacial score (nSPS) is 35.5. The molecule has 3 N–H and O–H groups in total. The first-order chi connectivity index (χ1) is 18.9. The molecule has 3 saturated carbocycles. The molecule has 9 atom stereocenters. The van der Waals surface area contributed by atoms with Gasteiger partial charge in [-0.15, -0.1) is 0 Å². The molecule has 7 heteroatoms. The van der Waals surface area contributed by atoms with Crippen LogP contribution >= 0.6 is 0 Å². The molecule has 5 aliphatic rings. The lowest BCUT2D eigenvalue weighted by atomic mass is 9.45. The van der Waals surface area contributed by atoms with Crippen molar-refractivity contribution in [3.63, 3.8) is 0 Å². The first kappa shape index (κ1) is 29.0. The third-order valence-electron chi connectivity index (χ3n) is 10.6. The Bertz CT molecular complexity index is 1190. The van der Waals surface area contributed by atoms with Gasteiger partial charge in [0.1, 0.15) is 0 Å². The van der Waals surface area contributed by atoms with Gasteiger partial charge in [0.05, 0.1) is 18.2 Å². The van der Waals surface area contributed by atoms with Gasteiger partial charge < -0.3 is 20.4 Å². The Hall–Kier alpha value is -2.48. The summed E-state index contributed by atoms with van der Waals surface area (Å²) in [7, 11) is 3.52. The topological polar surface area (TPSA) is 93.1 Å². The molecule has 0 radical (unpaired) electrons. The second kappa shape index (κ2) is 11.1. The minimum Gasteiger partial charge on any atom is -0.393 e. The number of aliphatic hydroxyl groups is 2. The van der Waals surface area contributed by atoms with Crippen LogP contribution in [-0.4, -0.2) is 76.8 Å². The molecule has 0 aromatic heterocycles. The van der Waals surface area contributed by atoms with Crippen molar-refractivity contribution in [2.45, 2.75) is 83.7 Å². The van der Waals surface area contributed by atoms with E-state index in [0.29, 0.717) is 36.3 Å². The fourth-order valence-electron chi connectivity index (χ4n) is 8.07. The fourth-order valence-corrected chi connectivity index (χ4v) is 8.07. The molecule has 40 heavy (non-hydrogen) atoms. The zero-order chi connectivity index (χ0) is 28.9. The molecule has 218 valence electrons. The van der Waals surface area contributed by atoms with Crippen LogP contribution in [0.15, 0.2) is 48.1 Å². The van der Waals surface area contributed by atoms with Gasteiger partial charge in [-0.2, -0.15) is 0 Å². The van der Waals surface area contributed by atoms with E-state index in [0.717, 1.165) is 29.5 Å². The second-order valence-electron chi connectivity index (χ2n) is 13.6. The van der Waals surface area contributed by atoms with E-state index < -0.39 is 24.2 Å². The number of hydrogen-bond donors (Lipinski definition) is 3. The third kappa shape index (κ3) is 5.28. The number of nitrogens with zero attached hydrogens (tertiary/aromatic N) is 2. The largest absolute Gasteiger partial charge is 0.393 e. The highest BCUT2D eigenvalue weighted by Crippen LogP contribution is 2.61. The molecular weight excluding hydrogens is 502 g/mol. The molecule has 7 nitrogen and oxygen atoms in total. The van der Waals surface area contributed by atoms with Gasteiger partial charge in [0.25, 0.3) is 5.91 Å². The maximum Gasteiger partial charge on any atom is 0.252 e. The molecule has 4 fully saturated rings. The summed E-state index contributed by atoms with van der Waals surface area (Å²) < 4.78 is 0. The predicted molar refractivity (Wildman–Crippen MR) is 156 cm³/mol. The molecule has 1 saturated heterocycles. The van der Waals surface area contributed by atoms with Crippen LogP contribution < -0.4 is 5.32 Å². The SMILES string of the molecule is C[C@H](O)C1C(C(=O)NC2CC3C[C@@H]([C@@H]2C)C3(C)C)N(Cc2cccc(C3C=CC(C(=O)N(C)C)=CC3)c2)C[C@@H]1O. The molecule has 0 spiro atoms. The van der Waals surface area contributed by atoms with Crippen LogP contribution in [-0.2, 0) is 16.1 Å². The van der Waals surface area contributed by atoms with Crippen LogP contribution in [0.5, 0.6) is 0 Å². The van der Waals surface area contributed by atoms with Gasteiger partial charge in [0.15, 0.2) is 0 Å². The van der Waals surface area contributed by atoms with E-state index in [1.165, 1.54) is 6.42 Å². The van der Waals surface area contributed by atoms with E-state index in [-0.39, 0.29) is 23.8 Å². The summed E-state index contributed by atoms with van der Waals surface area (Å²) in [6.07, 6.45) is 7.44. The Kier molecular flexibility index (Phi) is 8.03. The average Bonchev–Trinajstić information content (AvgIpc) is 3.24. The highest BCUT2D eigenvalue weighted by atomic mass is 16.3. The van der Waals surface area contributed by atoms with Crippen molar-refractivity contribution < 1.29 is 19.8 Å². The second-order valence-corrected chi connectivity index (χ2v) is 13.6. The maximum absolute atomic E-state index is 13.8. The summed E-state index contributed by atoms with van der Waals surface area (Å²) in [5.74, 6) is 1.25. The van der Waals surface area contributed by atoms with E-state index in [2.05, 4.69) is 50.4 Å². The van der Waals surface area contributed by atoms with E-state index in [4.69, 9.17) is 0 Å². The first-order valence-electron chi connectivity index (χ1n) is 15.0. The number of benzene rings is 1. The lowest BCUT2D eigenvalue weighted by molar-refractivity contribution is -0.139. The minimum atomic E-state index is -0.795. The van der Waals surface area contributed by atoms with Gasteiger partial charge in [0, 0.05) is 50.6 Å². The summed E-state index contributed by atoms with van der Waals surface area (Å²) in [4.78, 5) is 29.8. The van der Waals surface area contributed by atoms with Crippen LogP contribution in [0, 0.1) is 29.1 Å². The summed E-state index contributed by atoms with van der Waals surface area (Å²) in [5.41, 5.74) is 3.29. The fraction of sp³-hybridized carbons (Fsp3) is 0.636. The van der Waals surface area contributed by atoms with Crippen LogP contribution in [0.4, 0.5) is 0 Å². The zero-order valence-corrected chi connectivity index (χ0v) is 24.9. The van der Waals surface area contributed by atoms with Gasteiger partial charge in [0.2, 0.25) is 5.91 Å². The molecule has 1 heterocycles. The number of hydrogen-bond acceptors (Lipinski definition) is 5. The van der Waals surface area contributed by atoms with Gasteiger partial charge in [-0.25, -0.2) is 0 Å². The minimum absolute atomic E-state index is 0.0105. The molecular formula is C33H47N3O4. The molecule has 4 aliphatic carbocycles. The third-order valence-corrected chi connectivity index (χ3v) is 10.6. The Morgan fingerprint density at radius 3 is 2.58 bits per heavy atom. The van der Waals surface area contributed by atoms with E-state index in [1.54, 1.807) is 25.9 Å². The Morgan fingerprint density at radius 1 is 1.23 bits per heavy atom. The number of carbonyl (C=O) groups excluding carboxylic acids is 2. The van der Waals surface area contributed by atoms with Crippen molar-refractivity contribution in [2.75, 3.05) is 20.6 Å². The predicted octanol–water partition coefficient (Wildman–Crippen LogP) is 3.47. The Balaban J connectivity index is 1.29. The van der Waals surface area contributed by atoms with Crippen molar-refractivity contribution in [2.24, 2.45) is 29.1 Å². The molecule has 1 aromatic rings. The van der Waals surface area contributed by atoms with Crippen LogP contribution in [0.3, 0.4) is 0 Å². The number of rotatable bonds is 7. The number of nitrogens with one attached hydrogen (secondary N) is 1. The standard InChI is InChI=1S/C33H47N3O4/c1-19-26-15-25(33(26,3)4)16-27(19)34-31(39)30-29(20(2)37)28(38)18-36(30)17-21-8-7-9-24(14-21)22-10-12-23(13-11-22)32(40)35(5)6/h7-10,12-14,19-20,22,25-30,37-38H,11,15-18H2,1-6H3,(H,34,39)/t19-,20-,22?,25?,26-,27?,28-,29?,30?/m0/s1.